The van der Waals surface area contributed by atoms with Crippen molar-refractivity contribution in [3.8, 4) is 11.4 Å². The molecule has 1 heterocycles. The van der Waals surface area contributed by atoms with Gasteiger partial charge in [0, 0.05) is 5.56 Å². The third-order valence-electron chi connectivity index (χ3n) is 2.96. The summed E-state index contributed by atoms with van der Waals surface area (Å²) >= 11 is 0. The zero-order chi connectivity index (χ0) is 12.5. The van der Waals surface area contributed by atoms with Gasteiger partial charge in [-0.1, -0.05) is 24.3 Å². The number of aryl methyl sites for hydroxylation is 1. The topological polar surface area (TPSA) is 45.8 Å². The molecule has 3 heteroatoms. The van der Waals surface area contributed by atoms with Gasteiger partial charge in [0.25, 0.3) is 5.56 Å². The van der Waals surface area contributed by atoms with E-state index in [1.54, 1.807) is 6.07 Å². The molecule has 0 amide bonds. The Morgan fingerprint density at radius 3 is 2.89 bits per heavy atom. The molecule has 0 spiro atoms. The molecule has 0 aliphatic rings. The number of nitrogens with one attached hydrogen (secondary N) is 1. The third kappa shape index (κ3) is 1.70. The van der Waals surface area contributed by atoms with Crippen molar-refractivity contribution in [3.05, 3.63) is 64.4 Å². The van der Waals surface area contributed by atoms with Crippen molar-refractivity contribution in [2.75, 3.05) is 0 Å². The Bertz CT molecular complexity index is 775. The lowest BCUT2D eigenvalue weighted by atomic mass is 10.1. The second-order valence-electron chi connectivity index (χ2n) is 4.18. The number of aromatic amines is 1. The second kappa shape index (κ2) is 4.11. The van der Waals surface area contributed by atoms with Crippen molar-refractivity contribution >= 4 is 10.9 Å². The fraction of sp³-hybridized carbons (Fsp3) is 0.0667. The average Bonchev–Trinajstić information content (AvgIpc) is 2.39. The highest BCUT2D eigenvalue weighted by Gasteiger charge is 2.06. The molecule has 0 aliphatic carbocycles. The number of nitrogens with zero attached hydrogens (tertiary/aromatic N) is 1. The first-order valence-electron chi connectivity index (χ1n) is 5.72. The second-order valence-corrected chi connectivity index (χ2v) is 4.18. The molecule has 3 aromatic rings. The van der Waals surface area contributed by atoms with Crippen molar-refractivity contribution in [2.24, 2.45) is 0 Å². The van der Waals surface area contributed by atoms with Crippen molar-refractivity contribution in [1.29, 1.82) is 0 Å². The van der Waals surface area contributed by atoms with Crippen molar-refractivity contribution in [1.82, 2.24) is 9.97 Å². The molecule has 0 atom stereocenters. The van der Waals surface area contributed by atoms with E-state index in [1.165, 1.54) is 0 Å². The van der Waals surface area contributed by atoms with E-state index in [9.17, 15) is 4.79 Å². The maximum Gasteiger partial charge on any atom is 0.281 e. The number of para-hydroxylation sites is 1. The maximum absolute atomic E-state index is 11.9. The van der Waals surface area contributed by atoms with Gasteiger partial charge in [-0.05, 0) is 36.8 Å². The number of aromatic nitrogens is 2. The first kappa shape index (κ1) is 10.7. The van der Waals surface area contributed by atoms with Crippen molar-refractivity contribution in [3.63, 3.8) is 0 Å². The quantitative estimate of drug-likeness (QED) is 0.704. The minimum atomic E-state index is -0.206. The zero-order valence-corrected chi connectivity index (χ0v) is 9.90. The van der Waals surface area contributed by atoms with Gasteiger partial charge < -0.3 is 4.98 Å². The Morgan fingerprint density at radius 1 is 1.22 bits per heavy atom. The number of fused-ring (bicyclic) bond motifs is 1. The summed E-state index contributed by atoms with van der Waals surface area (Å²) in [6, 6.07) is 16.0. The van der Waals surface area contributed by atoms with Gasteiger partial charge in [-0.2, -0.15) is 4.98 Å². The smallest absolute Gasteiger partial charge is 0.281 e. The molecule has 0 aliphatic heterocycles. The van der Waals surface area contributed by atoms with Crippen LogP contribution in [0.25, 0.3) is 22.3 Å². The summed E-state index contributed by atoms with van der Waals surface area (Å²) in [6.45, 7) is 1.98. The third-order valence-corrected chi connectivity index (χ3v) is 2.96. The maximum atomic E-state index is 11.9. The molecular weight excluding hydrogens is 224 g/mol. The fourth-order valence-electron chi connectivity index (χ4n) is 1.99. The number of hydrogen-bond acceptors (Lipinski definition) is 2. The van der Waals surface area contributed by atoms with Crippen molar-refractivity contribution in [2.45, 2.75) is 6.92 Å². The van der Waals surface area contributed by atoms with Crippen LogP contribution in [0, 0.1) is 13.0 Å². The summed E-state index contributed by atoms with van der Waals surface area (Å²) in [6.07, 6.45) is 0. The van der Waals surface area contributed by atoms with Crippen LogP contribution in [0.2, 0.25) is 0 Å². The molecular formula is C15H11N2O. The summed E-state index contributed by atoms with van der Waals surface area (Å²) in [5.74, 6) is 0.591. The SMILES string of the molecule is Cc1cc[c]cc1-c1nc(=O)c2ccccc2[nH]1. The van der Waals surface area contributed by atoms with E-state index in [0.717, 1.165) is 16.6 Å². The van der Waals surface area contributed by atoms with Crippen LogP contribution in [0.15, 0.2) is 47.3 Å². The summed E-state index contributed by atoms with van der Waals surface area (Å²) < 4.78 is 0. The highest BCUT2D eigenvalue weighted by Crippen LogP contribution is 2.19. The molecule has 0 bridgehead atoms. The predicted molar refractivity (Wildman–Crippen MR) is 71.4 cm³/mol. The lowest BCUT2D eigenvalue weighted by molar-refractivity contribution is 1.17. The van der Waals surface area contributed by atoms with Gasteiger partial charge in [0.05, 0.1) is 10.9 Å². The predicted octanol–water partition coefficient (Wildman–Crippen LogP) is 2.70. The van der Waals surface area contributed by atoms with Crippen LogP contribution in [-0.4, -0.2) is 9.97 Å². The monoisotopic (exact) mass is 235 g/mol. The standard InChI is InChI=1S/C15H11N2O/c1-10-6-2-3-7-11(10)14-16-13-9-5-4-8-12(13)15(18)17-14/h2,4-9H,1H3,(H,16,17,18). The molecule has 0 unspecified atom stereocenters. The molecule has 3 rings (SSSR count). The van der Waals surface area contributed by atoms with Gasteiger partial charge >= 0.3 is 0 Å². The Hall–Kier alpha value is -2.42. The molecule has 0 saturated carbocycles. The van der Waals surface area contributed by atoms with Crippen LogP contribution in [0.4, 0.5) is 0 Å². The minimum absolute atomic E-state index is 0.206. The average molecular weight is 235 g/mol. The van der Waals surface area contributed by atoms with Gasteiger partial charge in [0.1, 0.15) is 5.82 Å². The van der Waals surface area contributed by atoms with Gasteiger partial charge in [-0.15, -0.1) is 0 Å². The lowest BCUT2D eigenvalue weighted by Crippen LogP contribution is -2.09. The normalized spacial score (nSPS) is 10.7. The van der Waals surface area contributed by atoms with Gasteiger partial charge in [-0.25, -0.2) is 0 Å². The van der Waals surface area contributed by atoms with Gasteiger partial charge in [0.15, 0.2) is 0 Å². The van der Waals surface area contributed by atoms with Crippen LogP contribution in [-0.2, 0) is 0 Å². The molecule has 18 heavy (non-hydrogen) atoms. The largest absolute Gasteiger partial charge is 0.339 e. The number of hydrogen-bond donors (Lipinski definition) is 1. The van der Waals surface area contributed by atoms with Gasteiger partial charge in [-0.3, -0.25) is 4.79 Å². The van der Waals surface area contributed by atoms with Crippen molar-refractivity contribution < 1.29 is 0 Å². The summed E-state index contributed by atoms with van der Waals surface area (Å²) in [4.78, 5) is 19.2. The molecule has 87 valence electrons. The van der Waals surface area contributed by atoms with Gasteiger partial charge in [0.2, 0.25) is 0 Å². The summed E-state index contributed by atoms with van der Waals surface area (Å²) in [5.41, 5.74) is 2.56. The van der Waals surface area contributed by atoms with E-state index in [2.05, 4.69) is 16.0 Å². The Labute approximate surface area is 104 Å². The molecule has 0 saturated heterocycles. The molecule has 1 N–H and O–H groups in total. The zero-order valence-electron chi connectivity index (χ0n) is 9.90. The Morgan fingerprint density at radius 2 is 2.06 bits per heavy atom. The number of H-pyrrole nitrogens is 1. The molecule has 2 aromatic carbocycles. The molecule has 1 radical (unpaired) electrons. The van der Waals surface area contributed by atoms with E-state index in [4.69, 9.17) is 0 Å². The number of rotatable bonds is 1. The van der Waals surface area contributed by atoms with E-state index in [0.29, 0.717) is 11.2 Å². The minimum Gasteiger partial charge on any atom is -0.339 e. The molecule has 0 fully saturated rings. The van der Waals surface area contributed by atoms with Crippen LogP contribution in [0.1, 0.15) is 5.56 Å². The van der Waals surface area contributed by atoms with E-state index < -0.39 is 0 Å². The van der Waals surface area contributed by atoms with Crippen LogP contribution in [0.3, 0.4) is 0 Å². The first-order valence-corrected chi connectivity index (χ1v) is 5.72. The molecule has 1 aromatic heterocycles. The highest BCUT2D eigenvalue weighted by molar-refractivity contribution is 5.79. The lowest BCUT2D eigenvalue weighted by Gasteiger charge is -2.05. The van der Waals surface area contributed by atoms with E-state index in [1.807, 2.05) is 43.3 Å². The first-order chi connectivity index (χ1) is 8.75. The molecule has 3 nitrogen and oxygen atoms in total. The van der Waals surface area contributed by atoms with Crippen LogP contribution >= 0.6 is 0 Å². The number of benzene rings is 2. The van der Waals surface area contributed by atoms with Crippen LogP contribution in [0.5, 0.6) is 0 Å². The van der Waals surface area contributed by atoms with Crippen LogP contribution < -0.4 is 5.56 Å². The van der Waals surface area contributed by atoms with E-state index in [-0.39, 0.29) is 5.56 Å². The highest BCUT2D eigenvalue weighted by atomic mass is 16.1. The van der Waals surface area contributed by atoms with E-state index >= 15 is 0 Å². The summed E-state index contributed by atoms with van der Waals surface area (Å²) in [5, 5.41) is 0.610. The Kier molecular flexibility index (Phi) is 2.45. The summed E-state index contributed by atoms with van der Waals surface area (Å²) in [7, 11) is 0. The fourth-order valence-corrected chi connectivity index (χ4v) is 1.99. The Balaban J connectivity index is 2.32.